The van der Waals surface area contributed by atoms with E-state index >= 15 is 0 Å². The Kier molecular flexibility index (Phi) is 9.33. The first-order valence-corrected chi connectivity index (χ1v) is 9.69. The van der Waals surface area contributed by atoms with Crippen molar-refractivity contribution in [3.8, 4) is 0 Å². The molecule has 0 spiro atoms. The van der Waals surface area contributed by atoms with Crippen LogP contribution in [0.1, 0.15) is 18.5 Å². The Balaban J connectivity index is 0.00000392. The van der Waals surface area contributed by atoms with Gasteiger partial charge in [-0.25, -0.2) is 12.8 Å². The van der Waals surface area contributed by atoms with Gasteiger partial charge in [-0.3, -0.25) is 9.98 Å². The van der Waals surface area contributed by atoms with E-state index in [1.165, 1.54) is 25.4 Å². The van der Waals surface area contributed by atoms with Crippen LogP contribution in [0.15, 0.2) is 23.3 Å². The SMILES string of the molecule is CN=C(NCc1ncccc1F)NCC1CCN(S(=O)(=O)C(F)(F)F)CC1.I. The highest BCUT2D eigenvalue weighted by Gasteiger charge is 2.50. The Hall–Kier alpha value is -1.22. The molecule has 1 aromatic rings. The van der Waals surface area contributed by atoms with Crippen LogP contribution in [0.2, 0.25) is 0 Å². The molecule has 1 aliphatic rings. The number of halogens is 5. The van der Waals surface area contributed by atoms with Gasteiger partial charge in [-0.05, 0) is 30.9 Å². The molecule has 1 aromatic heterocycles. The summed E-state index contributed by atoms with van der Waals surface area (Å²) in [6.07, 6.45) is 2.07. The lowest BCUT2D eigenvalue weighted by atomic mass is 9.98. The third kappa shape index (κ3) is 6.40. The summed E-state index contributed by atoms with van der Waals surface area (Å²) in [5.74, 6) is -0.0566. The second kappa shape index (κ2) is 10.5. The molecule has 0 saturated carbocycles. The van der Waals surface area contributed by atoms with Crippen molar-refractivity contribution < 1.29 is 26.0 Å². The molecule has 0 amide bonds. The number of hydrogen-bond donors (Lipinski definition) is 2. The van der Waals surface area contributed by atoms with Crippen molar-refractivity contribution >= 4 is 40.0 Å². The third-order valence-electron chi connectivity index (χ3n) is 4.25. The van der Waals surface area contributed by atoms with Crippen LogP contribution in [-0.2, 0) is 16.6 Å². The summed E-state index contributed by atoms with van der Waals surface area (Å²) in [5, 5.41) is 5.91. The molecule has 0 aliphatic carbocycles. The van der Waals surface area contributed by atoms with Crippen LogP contribution in [0.3, 0.4) is 0 Å². The van der Waals surface area contributed by atoms with Gasteiger partial charge in [0.25, 0.3) is 0 Å². The van der Waals surface area contributed by atoms with Crippen LogP contribution < -0.4 is 10.6 Å². The van der Waals surface area contributed by atoms with E-state index < -0.39 is 21.3 Å². The fourth-order valence-corrected chi connectivity index (χ4v) is 3.66. The van der Waals surface area contributed by atoms with Crippen LogP contribution in [-0.4, -0.2) is 55.9 Å². The maximum absolute atomic E-state index is 13.5. The van der Waals surface area contributed by atoms with Gasteiger partial charge in [0.15, 0.2) is 5.96 Å². The molecule has 160 valence electrons. The van der Waals surface area contributed by atoms with Crippen LogP contribution >= 0.6 is 24.0 Å². The van der Waals surface area contributed by atoms with Gasteiger partial charge < -0.3 is 10.6 Å². The molecule has 0 bridgehead atoms. The molecule has 13 heteroatoms. The largest absolute Gasteiger partial charge is 0.511 e. The van der Waals surface area contributed by atoms with E-state index in [9.17, 15) is 26.0 Å². The maximum atomic E-state index is 13.5. The first kappa shape index (κ1) is 24.8. The van der Waals surface area contributed by atoms with E-state index in [0.717, 1.165) is 0 Å². The van der Waals surface area contributed by atoms with Gasteiger partial charge in [-0.1, -0.05) is 0 Å². The Bertz CT molecular complexity index is 768. The first-order chi connectivity index (χ1) is 12.6. The number of hydrogen-bond acceptors (Lipinski definition) is 4. The monoisotopic (exact) mass is 539 g/mol. The number of alkyl halides is 3. The number of rotatable bonds is 5. The molecule has 1 aliphatic heterocycles. The Labute approximate surface area is 178 Å². The summed E-state index contributed by atoms with van der Waals surface area (Å²) in [6, 6.07) is 2.78. The van der Waals surface area contributed by atoms with Gasteiger partial charge >= 0.3 is 15.5 Å². The van der Waals surface area contributed by atoms with Crippen LogP contribution in [0.25, 0.3) is 0 Å². The second-order valence-electron chi connectivity index (χ2n) is 6.03. The minimum atomic E-state index is -5.27. The number of nitrogens with zero attached hydrogens (tertiary/aromatic N) is 3. The summed E-state index contributed by atoms with van der Waals surface area (Å²) in [7, 11) is -3.74. The maximum Gasteiger partial charge on any atom is 0.511 e. The predicted octanol–water partition coefficient (Wildman–Crippen LogP) is 2.07. The molecule has 2 N–H and O–H groups in total. The van der Waals surface area contributed by atoms with Crippen molar-refractivity contribution in [2.75, 3.05) is 26.7 Å². The average molecular weight is 539 g/mol. The summed E-state index contributed by atoms with van der Waals surface area (Å²) in [4.78, 5) is 7.90. The predicted molar refractivity (Wildman–Crippen MR) is 107 cm³/mol. The highest BCUT2D eigenvalue weighted by atomic mass is 127. The molecule has 1 fully saturated rings. The van der Waals surface area contributed by atoms with Crippen molar-refractivity contribution in [3.63, 3.8) is 0 Å². The van der Waals surface area contributed by atoms with E-state index in [1.807, 2.05) is 0 Å². The van der Waals surface area contributed by atoms with E-state index in [1.54, 1.807) is 0 Å². The van der Waals surface area contributed by atoms with Crippen LogP contribution in [0.5, 0.6) is 0 Å². The van der Waals surface area contributed by atoms with Crippen molar-refractivity contribution in [2.24, 2.45) is 10.9 Å². The van der Waals surface area contributed by atoms with Gasteiger partial charge in [0.1, 0.15) is 5.82 Å². The molecule has 0 radical (unpaired) electrons. The van der Waals surface area contributed by atoms with Gasteiger partial charge in [0, 0.05) is 32.9 Å². The Morgan fingerprint density at radius 3 is 2.50 bits per heavy atom. The van der Waals surface area contributed by atoms with E-state index in [2.05, 4.69) is 20.6 Å². The van der Waals surface area contributed by atoms with Crippen LogP contribution in [0.4, 0.5) is 17.6 Å². The van der Waals surface area contributed by atoms with Crippen molar-refractivity contribution in [2.45, 2.75) is 24.9 Å². The number of aliphatic imine (C=N–C) groups is 1. The lowest BCUT2D eigenvalue weighted by Gasteiger charge is -2.31. The molecule has 2 rings (SSSR count). The number of piperidine rings is 1. The number of sulfonamides is 1. The molecule has 1 saturated heterocycles. The lowest BCUT2D eigenvalue weighted by Crippen LogP contribution is -2.47. The second-order valence-corrected chi connectivity index (χ2v) is 7.96. The zero-order chi connectivity index (χ0) is 20.1. The van der Waals surface area contributed by atoms with Gasteiger partial charge in [0.05, 0.1) is 12.2 Å². The standard InChI is InChI=1S/C15H21F4N5O2S.HI/c1-20-14(23-10-13-12(16)3-2-6-21-13)22-9-11-4-7-24(8-5-11)27(25,26)15(17,18)19;/h2-3,6,11H,4-5,7-10H2,1H3,(H2,20,22,23);1H. The molecule has 7 nitrogen and oxygen atoms in total. The Morgan fingerprint density at radius 1 is 1.32 bits per heavy atom. The lowest BCUT2D eigenvalue weighted by molar-refractivity contribution is -0.0496. The van der Waals surface area contributed by atoms with Gasteiger partial charge in [0.2, 0.25) is 0 Å². The van der Waals surface area contributed by atoms with E-state index in [-0.39, 0.29) is 55.2 Å². The molecule has 2 heterocycles. The highest BCUT2D eigenvalue weighted by molar-refractivity contribution is 14.0. The zero-order valence-corrected chi connectivity index (χ0v) is 18.2. The minimum Gasteiger partial charge on any atom is -0.356 e. The molecular formula is C15H22F4IN5O2S. The zero-order valence-electron chi connectivity index (χ0n) is 15.0. The van der Waals surface area contributed by atoms with E-state index in [0.29, 0.717) is 29.7 Å². The van der Waals surface area contributed by atoms with E-state index in [4.69, 9.17) is 0 Å². The summed E-state index contributed by atoms with van der Waals surface area (Å²) < 4.78 is 74.5. The summed E-state index contributed by atoms with van der Waals surface area (Å²) in [5.41, 5.74) is -5.05. The normalized spacial score (nSPS) is 17.1. The first-order valence-electron chi connectivity index (χ1n) is 8.25. The van der Waals surface area contributed by atoms with Gasteiger partial charge in [-0.2, -0.15) is 17.5 Å². The van der Waals surface area contributed by atoms with Crippen molar-refractivity contribution in [1.29, 1.82) is 0 Å². The number of nitrogens with one attached hydrogen (secondary N) is 2. The number of aromatic nitrogens is 1. The Morgan fingerprint density at radius 2 is 1.96 bits per heavy atom. The summed E-state index contributed by atoms with van der Waals surface area (Å²) >= 11 is 0. The van der Waals surface area contributed by atoms with Crippen molar-refractivity contribution in [3.05, 3.63) is 29.8 Å². The molecule has 28 heavy (non-hydrogen) atoms. The quantitative estimate of drug-likeness (QED) is 0.259. The van der Waals surface area contributed by atoms with Gasteiger partial charge in [-0.15, -0.1) is 24.0 Å². The minimum absolute atomic E-state index is 0. The third-order valence-corrected chi connectivity index (χ3v) is 5.88. The fraction of sp³-hybridized carbons (Fsp3) is 0.600. The number of pyridine rings is 1. The highest BCUT2D eigenvalue weighted by Crippen LogP contribution is 2.30. The van der Waals surface area contributed by atoms with Crippen LogP contribution in [0, 0.1) is 11.7 Å². The fourth-order valence-electron chi connectivity index (χ4n) is 2.68. The number of guanidine groups is 1. The smallest absolute Gasteiger partial charge is 0.356 e. The summed E-state index contributed by atoms with van der Waals surface area (Å²) in [6.45, 7) is 0.164. The molecular weight excluding hydrogens is 517 g/mol. The molecule has 0 atom stereocenters. The average Bonchev–Trinajstić information content (AvgIpc) is 2.62. The molecule has 0 unspecified atom stereocenters. The topological polar surface area (TPSA) is 86.7 Å². The molecule has 0 aromatic carbocycles. The van der Waals surface area contributed by atoms with Crippen molar-refractivity contribution in [1.82, 2.24) is 19.9 Å².